The molecule has 59 heavy (non-hydrogen) atoms. The maximum Gasteiger partial charge on any atom is 0.245 e. The van der Waals surface area contributed by atoms with E-state index in [-0.39, 0.29) is 13.2 Å². The van der Waals surface area contributed by atoms with Crippen molar-refractivity contribution in [2.45, 2.75) is 67.7 Å². The molecule has 0 aliphatic heterocycles. The van der Waals surface area contributed by atoms with E-state index in [0.717, 1.165) is 33.4 Å². The Morgan fingerprint density at radius 3 is 0.881 bits per heavy atom. The van der Waals surface area contributed by atoms with Crippen LogP contribution in [-0.2, 0) is 30.1 Å². The second-order valence-electron chi connectivity index (χ2n) is 16.0. The van der Waals surface area contributed by atoms with Crippen LogP contribution in [0.15, 0.2) is 206 Å². The van der Waals surface area contributed by atoms with E-state index < -0.39 is 28.2 Å². The molecule has 0 fully saturated rings. The summed E-state index contributed by atoms with van der Waals surface area (Å²) < 4.78 is 27.4. The van der Waals surface area contributed by atoms with E-state index in [0.29, 0.717) is 37.2 Å². The van der Waals surface area contributed by atoms with Gasteiger partial charge >= 0.3 is 0 Å². The second-order valence-corrected chi connectivity index (χ2v) is 16.0. The molecule has 0 spiro atoms. The SMILES string of the molecule is CC(C)(OC1=CCCC1(O)COC(c1ccccc1)(c1ccccc1)c1ccccc1)OC1=CCCC1(O)COC(c1ccccc1)(c1ccccc1)c1ccccc1. The van der Waals surface area contributed by atoms with Crippen molar-refractivity contribution >= 4 is 0 Å². The molecule has 0 saturated carbocycles. The minimum absolute atomic E-state index is 0.0470. The van der Waals surface area contributed by atoms with Crippen LogP contribution in [0.2, 0.25) is 0 Å². The predicted octanol–water partition coefficient (Wildman–Crippen LogP) is 10.6. The minimum atomic E-state index is -1.45. The Morgan fingerprint density at radius 1 is 0.407 bits per heavy atom. The van der Waals surface area contributed by atoms with Gasteiger partial charge < -0.3 is 29.2 Å². The molecule has 2 atom stereocenters. The van der Waals surface area contributed by atoms with Gasteiger partial charge in [0.1, 0.15) is 33.9 Å². The zero-order valence-corrected chi connectivity index (χ0v) is 33.7. The van der Waals surface area contributed by atoms with Crippen LogP contribution in [0, 0.1) is 0 Å². The Balaban J connectivity index is 1.04. The molecule has 0 amide bonds. The Morgan fingerprint density at radius 2 is 0.644 bits per heavy atom. The fourth-order valence-electron chi connectivity index (χ4n) is 8.61. The largest absolute Gasteiger partial charge is 0.454 e. The second kappa shape index (κ2) is 16.8. The number of hydrogen-bond donors (Lipinski definition) is 2. The lowest BCUT2D eigenvalue weighted by molar-refractivity contribution is -0.209. The highest BCUT2D eigenvalue weighted by Crippen LogP contribution is 2.46. The quantitative estimate of drug-likeness (QED) is 0.0752. The average molecular weight is 785 g/mol. The van der Waals surface area contributed by atoms with Gasteiger partial charge in [-0.15, -0.1) is 0 Å². The van der Waals surface area contributed by atoms with Gasteiger partial charge in [0.15, 0.2) is 0 Å². The fourth-order valence-corrected chi connectivity index (χ4v) is 8.61. The van der Waals surface area contributed by atoms with E-state index in [1.807, 2.05) is 121 Å². The van der Waals surface area contributed by atoms with E-state index >= 15 is 0 Å². The van der Waals surface area contributed by atoms with E-state index in [1.54, 1.807) is 13.8 Å². The summed E-state index contributed by atoms with van der Waals surface area (Å²) in [6.45, 7) is 3.51. The molecule has 0 radical (unpaired) electrons. The summed E-state index contributed by atoms with van der Waals surface area (Å²) in [5.74, 6) is -0.528. The van der Waals surface area contributed by atoms with Crippen molar-refractivity contribution in [2.24, 2.45) is 0 Å². The molecular formula is C53H52O6. The Kier molecular flexibility index (Phi) is 11.4. The van der Waals surface area contributed by atoms with Crippen LogP contribution < -0.4 is 0 Å². The average Bonchev–Trinajstić information content (AvgIpc) is 3.83. The van der Waals surface area contributed by atoms with E-state index in [1.165, 1.54) is 0 Å². The van der Waals surface area contributed by atoms with Gasteiger partial charge in [-0.3, -0.25) is 0 Å². The molecule has 2 aliphatic carbocycles. The third kappa shape index (κ3) is 8.02. The molecule has 0 aromatic heterocycles. The number of rotatable bonds is 16. The van der Waals surface area contributed by atoms with Crippen molar-refractivity contribution in [1.82, 2.24) is 0 Å². The molecule has 8 rings (SSSR count). The summed E-state index contributed by atoms with van der Waals surface area (Å²) in [6.07, 6.45) is 5.84. The fraction of sp³-hybridized carbons (Fsp3) is 0.245. The summed E-state index contributed by atoms with van der Waals surface area (Å²) in [7, 11) is 0. The van der Waals surface area contributed by atoms with Crippen molar-refractivity contribution in [2.75, 3.05) is 13.2 Å². The Hall–Kier alpha value is -5.76. The highest BCUT2D eigenvalue weighted by molar-refractivity contribution is 5.49. The van der Waals surface area contributed by atoms with Gasteiger partial charge in [-0.05, 0) is 71.2 Å². The highest BCUT2D eigenvalue weighted by atomic mass is 16.7. The lowest BCUT2D eigenvalue weighted by Crippen LogP contribution is -2.45. The van der Waals surface area contributed by atoms with Crippen molar-refractivity contribution in [3.8, 4) is 0 Å². The Bertz CT molecular complexity index is 1970. The first-order valence-electron chi connectivity index (χ1n) is 20.5. The van der Waals surface area contributed by atoms with Crippen LogP contribution in [0.4, 0.5) is 0 Å². The molecule has 6 aromatic rings. The molecule has 0 heterocycles. The first kappa shape index (κ1) is 40.0. The first-order valence-corrected chi connectivity index (χ1v) is 20.5. The lowest BCUT2D eigenvalue weighted by atomic mass is 9.80. The number of ether oxygens (including phenoxy) is 4. The van der Waals surface area contributed by atoms with Crippen molar-refractivity contribution in [1.29, 1.82) is 0 Å². The molecule has 300 valence electrons. The maximum atomic E-state index is 12.4. The van der Waals surface area contributed by atoms with Gasteiger partial charge in [-0.25, -0.2) is 0 Å². The number of hydrogen-bond acceptors (Lipinski definition) is 6. The molecule has 2 aliphatic rings. The molecule has 2 N–H and O–H groups in total. The smallest absolute Gasteiger partial charge is 0.245 e. The van der Waals surface area contributed by atoms with E-state index in [4.69, 9.17) is 18.9 Å². The van der Waals surface area contributed by atoms with Gasteiger partial charge in [-0.1, -0.05) is 182 Å². The van der Waals surface area contributed by atoms with Gasteiger partial charge in [0.25, 0.3) is 0 Å². The third-order valence-corrected chi connectivity index (χ3v) is 11.5. The summed E-state index contributed by atoms with van der Waals surface area (Å²) >= 11 is 0. The van der Waals surface area contributed by atoms with Gasteiger partial charge in [0.05, 0.1) is 13.2 Å². The summed E-state index contributed by atoms with van der Waals surface area (Å²) in [5, 5.41) is 24.8. The first-order chi connectivity index (χ1) is 28.7. The zero-order chi connectivity index (χ0) is 40.8. The number of allylic oxidation sites excluding steroid dienone is 2. The standard InChI is InChI=1S/C53H52O6/c1-49(2,58-47-35-21-37-50(47,54)39-56-52(41-23-9-3-10-24-41,42-25-11-4-12-26-42)43-27-13-5-14-28-43)59-48-36-22-38-51(48,55)40-57-53(44-29-15-6-16-30-44,45-31-17-7-18-32-45)46-33-19-8-20-34-46/h3-20,23-36,54-55H,21-22,37-40H2,1-2H3. The van der Waals surface area contributed by atoms with Gasteiger partial charge in [0, 0.05) is 13.8 Å². The molecule has 6 heteroatoms. The molecule has 6 aromatic carbocycles. The topological polar surface area (TPSA) is 77.4 Å². The highest BCUT2D eigenvalue weighted by Gasteiger charge is 2.48. The molecular weight excluding hydrogens is 733 g/mol. The number of aliphatic hydroxyl groups is 2. The van der Waals surface area contributed by atoms with Crippen LogP contribution in [0.5, 0.6) is 0 Å². The lowest BCUT2D eigenvalue weighted by Gasteiger charge is -2.41. The summed E-state index contributed by atoms with van der Waals surface area (Å²) in [4.78, 5) is 0. The maximum absolute atomic E-state index is 12.4. The zero-order valence-electron chi connectivity index (χ0n) is 33.7. The van der Waals surface area contributed by atoms with Crippen molar-refractivity contribution in [3.05, 3.63) is 239 Å². The number of benzene rings is 6. The predicted molar refractivity (Wildman–Crippen MR) is 231 cm³/mol. The van der Waals surface area contributed by atoms with Crippen LogP contribution in [-0.4, -0.2) is 40.4 Å². The summed E-state index contributed by atoms with van der Waals surface area (Å²) in [5.41, 5.74) is 0.734. The summed E-state index contributed by atoms with van der Waals surface area (Å²) in [6, 6.07) is 60.8. The molecule has 0 saturated heterocycles. The monoisotopic (exact) mass is 784 g/mol. The van der Waals surface area contributed by atoms with Crippen LogP contribution >= 0.6 is 0 Å². The van der Waals surface area contributed by atoms with Crippen molar-refractivity contribution in [3.63, 3.8) is 0 Å². The third-order valence-electron chi connectivity index (χ3n) is 11.5. The van der Waals surface area contributed by atoms with Crippen molar-refractivity contribution < 1.29 is 29.2 Å². The molecule has 6 nitrogen and oxygen atoms in total. The van der Waals surface area contributed by atoms with E-state index in [2.05, 4.69) is 72.8 Å². The van der Waals surface area contributed by atoms with Crippen LogP contribution in [0.3, 0.4) is 0 Å². The van der Waals surface area contributed by atoms with Gasteiger partial charge in [-0.2, -0.15) is 0 Å². The van der Waals surface area contributed by atoms with Gasteiger partial charge in [0.2, 0.25) is 5.79 Å². The normalized spacial score (nSPS) is 19.5. The van der Waals surface area contributed by atoms with E-state index in [9.17, 15) is 10.2 Å². The van der Waals surface area contributed by atoms with Crippen LogP contribution in [0.1, 0.15) is 72.9 Å². The Labute approximate surface area is 348 Å². The van der Waals surface area contributed by atoms with Crippen LogP contribution in [0.25, 0.3) is 0 Å². The minimum Gasteiger partial charge on any atom is -0.454 e. The molecule has 2 unspecified atom stereocenters. The molecule has 0 bridgehead atoms.